The molecule has 0 radical (unpaired) electrons. The SMILES string of the molecule is CCCC1CNCCN1C(c1ccc(F)cc1)c1ccc(F)cc1. The fraction of sp³-hybridized carbons (Fsp3) is 0.400. The largest absolute Gasteiger partial charge is 0.314 e. The molecule has 1 N–H and O–H groups in total. The predicted molar refractivity (Wildman–Crippen MR) is 92.9 cm³/mol. The van der Waals surface area contributed by atoms with Crippen molar-refractivity contribution in [3.05, 3.63) is 71.3 Å². The molecule has 24 heavy (non-hydrogen) atoms. The Morgan fingerprint density at radius 3 is 2.04 bits per heavy atom. The van der Waals surface area contributed by atoms with E-state index < -0.39 is 0 Å². The summed E-state index contributed by atoms with van der Waals surface area (Å²) in [4.78, 5) is 2.47. The zero-order chi connectivity index (χ0) is 16.9. The van der Waals surface area contributed by atoms with E-state index in [-0.39, 0.29) is 17.7 Å². The van der Waals surface area contributed by atoms with E-state index in [1.807, 2.05) is 24.3 Å². The number of hydrogen-bond donors (Lipinski definition) is 1. The summed E-state index contributed by atoms with van der Waals surface area (Å²) in [7, 11) is 0. The van der Waals surface area contributed by atoms with Crippen molar-refractivity contribution in [1.82, 2.24) is 10.2 Å². The van der Waals surface area contributed by atoms with Crippen LogP contribution in [0.2, 0.25) is 0 Å². The highest BCUT2D eigenvalue weighted by Gasteiger charge is 2.30. The molecule has 0 bridgehead atoms. The maximum absolute atomic E-state index is 13.4. The van der Waals surface area contributed by atoms with Gasteiger partial charge in [-0.2, -0.15) is 0 Å². The van der Waals surface area contributed by atoms with Crippen molar-refractivity contribution < 1.29 is 8.78 Å². The first-order valence-electron chi connectivity index (χ1n) is 8.66. The Morgan fingerprint density at radius 2 is 1.54 bits per heavy atom. The number of nitrogens with one attached hydrogen (secondary N) is 1. The van der Waals surface area contributed by atoms with Crippen molar-refractivity contribution in [3.8, 4) is 0 Å². The lowest BCUT2D eigenvalue weighted by Crippen LogP contribution is -2.52. The fourth-order valence-electron chi connectivity index (χ4n) is 3.58. The lowest BCUT2D eigenvalue weighted by Gasteiger charge is -2.42. The van der Waals surface area contributed by atoms with Crippen LogP contribution >= 0.6 is 0 Å². The van der Waals surface area contributed by atoms with Crippen molar-refractivity contribution in [2.45, 2.75) is 31.8 Å². The van der Waals surface area contributed by atoms with Crippen LogP contribution in [0, 0.1) is 11.6 Å². The lowest BCUT2D eigenvalue weighted by molar-refractivity contribution is 0.118. The first-order chi connectivity index (χ1) is 11.7. The van der Waals surface area contributed by atoms with Crippen LogP contribution in [-0.2, 0) is 0 Å². The zero-order valence-corrected chi connectivity index (χ0v) is 14.0. The van der Waals surface area contributed by atoms with E-state index in [1.54, 1.807) is 0 Å². The van der Waals surface area contributed by atoms with E-state index in [2.05, 4.69) is 17.1 Å². The third kappa shape index (κ3) is 3.82. The molecular weight excluding hydrogens is 306 g/mol. The number of benzene rings is 2. The summed E-state index contributed by atoms with van der Waals surface area (Å²) >= 11 is 0. The monoisotopic (exact) mass is 330 g/mol. The van der Waals surface area contributed by atoms with Crippen molar-refractivity contribution in [2.75, 3.05) is 19.6 Å². The van der Waals surface area contributed by atoms with E-state index in [9.17, 15) is 8.78 Å². The molecule has 1 fully saturated rings. The molecule has 1 atom stereocenters. The van der Waals surface area contributed by atoms with Crippen LogP contribution < -0.4 is 5.32 Å². The Kier molecular flexibility index (Phi) is 5.59. The minimum Gasteiger partial charge on any atom is -0.314 e. The van der Waals surface area contributed by atoms with Gasteiger partial charge in [0.1, 0.15) is 11.6 Å². The first kappa shape index (κ1) is 17.1. The molecule has 4 heteroatoms. The molecule has 2 nitrogen and oxygen atoms in total. The predicted octanol–water partition coefficient (Wildman–Crippen LogP) is 4.13. The van der Waals surface area contributed by atoms with Crippen LogP contribution in [0.25, 0.3) is 0 Å². The van der Waals surface area contributed by atoms with Crippen LogP contribution in [-0.4, -0.2) is 30.6 Å². The second kappa shape index (κ2) is 7.86. The van der Waals surface area contributed by atoms with Gasteiger partial charge in [0, 0.05) is 25.7 Å². The molecule has 1 unspecified atom stereocenters. The van der Waals surface area contributed by atoms with Crippen LogP contribution in [0.1, 0.15) is 36.9 Å². The van der Waals surface area contributed by atoms with Crippen molar-refractivity contribution >= 4 is 0 Å². The summed E-state index contributed by atoms with van der Waals surface area (Å²) in [5, 5.41) is 3.46. The molecule has 1 aliphatic heterocycles. The maximum atomic E-state index is 13.4. The van der Waals surface area contributed by atoms with Gasteiger partial charge in [-0.1, -0.05) is 37.6 Å². The molecule has 0 aromatic heterocycles. The van der Waals surface area contributed by atoms with Gasteiger partial charge >= 0.3 is 0 Å². The fourth-order valence-corrected chi connectivity index (χ4v) is 3.58. The molecule has 128 valence electrons. The van der Waals surface area contributed by atoms with Gasteiger partial charge in [-0.25, -0.2) is 8.78 Å². The molecule has 1 heterocycles. The maximum Gasteiger partial charge on any atom is 0.123 e. The van der Waals surface area contributed by atoms with Gasteiger partial charge in [0.25, 0.3) is 0 Å². The molecular formula is C20H24F2N2. The first-order valence-corrected chi connectivity index (χ1v) is 8.66. The summed E-state index contributed by atoms with van der Waals surface area (Å²) in [6.07, 6.45) is 2.22. The van der Waals surface area contributed by atoms with E-state index in [0.29, 0.717) is 6.04 Å². The smallest absolute Gasteiger partial charge is 0.123 e. The van der Waals surface area contributed by atoms with Gasteiger partial charge in [-0.15, -0.1) is 0 Å². The summed E-state index contributed by atoms with van der Waals surface area (Å²) < 4.78 is 26.7. The zero-order valence-electron chi connectivity index (χ0n) is 14.0. The molecule has 2 aromatic rings. The van der Waals surface area contributed by atoms with Crippen LogP contribution in [0.4, 0.5) is 8.78 Å². The van der Waals surface area contributed by atoms with Crippen LogP contribution in [0.3, 0.4) is 0 Å². The number of hydrogen-bond acceptors (Lipinski definition) is 2. The highest BCUT2D eigenvalue weighted by molar-refractivity contribution is 5.32. The van der Waals surface area contributed by atoms with E-state index >= 15 is 0 Å². The van der Waals surface area contributed by atoms with Gasteiger partial charge in [0.05, 0.1) is 6.04 Å². The molecule has 0 spiro atoms. The molecule has 0 aliphatic carbocycles. The Hall–Kier alpha value is -1.78. The summed E-state index contributed by atoms with van der Waals surface area (Å²) in [6.45, 7) is 4.99. The summed E-state index contributed by atoms with van der Waals surface area (Å²) in [5.74, 6) is -0.468. The summed E-state index contributed by atoms with van der Waals surface area (Å²) in [6, 6.07) is 13.8. The lowest BCUT2D eigenvalue weighted by atomic mass is 9.93. The number of nitrogens with zero attached hydrogens (tertiary/aromatic N) is 1. The van der Waals surface area contributed by atoms with Gasteiger partial charge in [-0.3, -0.25) is 4.90 Å². The second-order valence-electron chi connectivity index (χ2n) is 6.39. The minimum absolute atomic E-state index is 0.0184. The third-order valence-electron chi connectivity index (χ3n) is 4.72. The van der Waals surface area contributed by atoms with Gasteiger partial charge < -0.3 is 5.32 Å². The van der Waals surface area contributed by atoms with Gasteiger partial charge in [0.15, 0.2) is 0 Å². The molecule has 1 aliphatic rings. The summed E-state index contributed by atoms with van der Waals surface area (Å²) in [5.41, 5.74) is 2.09. The van der Waals surface area contributed by atoms with Crippen molar-refractivity contribution in [3.63, 3.8) is 0 Å². The Balaban J connectivity index is 2.00. The third-order valence-corrected chi connectivity index (χ3v) is 4.72. The standard InChI is InChI=1S/C20H24F2N2/c1-2-3-19-14-23-12-13-24(19)20(15-4-8-17(21)9-5-15)16-6-10-18(22)11-7-16/h4-11,19-20,23H,2-3,12-14H2,1H3. The molecule has 1 saturated heterocycles. The van der Waals surface area contributed by atoms with Crippen molar-refractivity contribution in [2.24, 2.45) is 0 Å². The Labute approximate surface area is 142 Å². The normalized spacial score (nSPS) is 18.9. The number of halogens is 2. The quantitative estimate of drug-likeness (QED) is 0.887. The molecule has 2 aromatic carbocycles. The van der Waals surface area contributed by atoms with Crippen LogP contribution in [0.15, 0.2) is 48.5 Å². The number of rotatable bonds is 5. The topological polar surface area (TPSA) is 15.3 Å². The Morgan fingerprint density at radius 1 is 1.00 bits per heavy atom. The van der Waals surface area contributed by atoms with Crippen LogP contribution in [0.5, 0.6) is 0 Å². The van der Waals surface area contributed by atoms with Gasteiger partial charge in [0.2, 0.25) is 0 Å². The van der Waals surface area contributed by atoms with E-state index in [0.717, 1.165) is 43.6 Å². The molecule has 0 amide bonds. The number of piperazine rings is 1. The molecule has 0 saturated carbocycles. The highest BCUT2D eigenvalue weighted by atomic mass is 19.1. The van der Waals surface area contributed by atoms with Gasteiger partial charge in [-0.05, 0) is 41.8 Å². The average molecular weight is 330 g/mol. The van der Waals surface area contributed by atoms with E-state index in [1.165, 1.54) is 24.3 Å². The average Bonchev–Trinajstić information content (AvgIpc) is 2.60. The second-order valence-corrected chi connectivity index (χ2v) is 6.39. The minimum atomic E-state index is -0.234. The highest BCUT2D eigenvalue weighted by Crippen LogP contribution is 2.32. The van der Waals surface area contributed by atoms with Crippen molar-refractivity contribution in [1.29, 1.82) is 0 Å². The molecule has 3 rings (SSSR count). The van der Waals surface area contributed by atoms with E-state index in [4.69, 9.17) is 0 Å². The Bertz CT molecular complexity index is 592.